The number of fused-ring (bicyclic) bond motifs is 1. The summed E-state index contributed by atoms with van der Waals surface area (Å²) in [7, 11) is 0. The van der Waals surface area contributed by atoms with Gasteiger partial charge in [-0.3, -0.25) is 10.1 Å². The molecule has 0 aliphatic heterocycles. The molecule has 3 nitrogen and oxygen atoms in total. The first-order chi connectivity index (χ1) is 9.75. The van der Waals surface area contributed by atoms with E-state index in [1.165, 1.54) is 11.1 Å². The Balaban J connectivity index is 1.84. The Morgan fingerprint density at radius 1 is 1.10 bits per heavy atom. The summed E-state index contributed by atoms with van der Waals surface area (Å²) >= 11 is 0. The van der Waals surface area contributed by atoms with Crippen molar-refractivity contribution in [3.63, 3.8) is 0 Å². The molecule has 3 N–H and O–H groups in total. The van der Waals surface area contributed by atoms with Crippen LogP contribution in [-0.4, -0.2) is 5.91 Å². The van der Waals surface area contributed by atoms with Gasteiger partial charge >= 0.3 is 0 Å². The maximum Gasteiger partial charge on any atom is 0.239 e. The fourth-order valence-electron chi connectivity index (χ4n) is 2.92. The number of amides is 1. The van der Waals surface area contributed by atoms with Gasteiger partial charge < -0.3 is 5.73 Å². The van der Waals surface area contributed by atoms with Gasteiger partial charge in [-0.25, -0.2) is 0 Å². The van der Waals surface area contributed by atoms with Crippen molar-refractivity contribution >= 4 is 5.91 Å². The lowest BCUT2D eigenvalue weighted by atomic mass is 10.0. The van der Waals surface area contributed by atoms with Gasteiger partial charge in [-0.2, -0.15) is 0 Å². The van der Waals surface area contributed by atoms with Gasteiger partial charge in [0.2, 0.25) is 5.91 Å². The summed E-state index contributed by atoms with van der Waals surface area (Å²) in [6, 6.07) is 17.8. The molecule has 102 valence electrons. The van der Waals surface area contributed by atoms with Gasteiger partial charge in [0.15, 0.2) is 0 Å². The number of benzene rings is 2. The fraction of sp³-hybridized carbons (Fsp3) is 0.235. The first-order valence-electron chi connectivity index (χ1n) is 6.94. The minimum atomic E-state index is -0.438. The highest BCUT2D eigenvalue weighted by molar-refractivity contribution is 5.81. The van der Waals surface area contributed by atoms with Gasteiger partial charge in [0.1, 0.15) is 6.04 Å². The van der Waals surface area contributed by atoms with E-state index in [0.717, 1.165) is 18.4 Å². The molecule has 2 atom stereocenters. The van der Waals surface area contributed by atoms with Crippen molar-refractivity contribution in [2.75, 3.05) is 0 Å². The molecule has 0 spiro atoms. The Hall–Kier alpha value is -2.13. The number of aryl methyl sites for hydroxylation is 1. The average molecular weight is 266 g/mol. The summed E-state index contributed by atoms with van der Waals surface area (Å²) in [6.45, 7) is 0. The molecule has 0 bridgehead atoms. The number of hydrogen-bond donors (Lipinski definition) is 2. The van der Waals surface area contributed by atoms with Gasteiger partial charge in [0, 0.05) is 6.04 Å². The van der Waals surface area contributed by atoms with E-state index in [0.29, 0.717) is 0 Å². The highest BCUT2D eigenvalue weighted by Crippen LogP contribution is 2.32. The smallest absolute Gasteiger partial charge is 0.239 e. The molecule has 3 heteroatoms. The van der Waals surface area contributed by atoms with E-state index >= 15 is 0 Å². The Morgan fingerprint density at radius 3 is 2.55 bits per heavy atom. The largest absolute Gasteiger partial charge is 0.368 e. The Bertz CT molecular complexity index is 609. The lowest BCUT2D eigenvalue weighted by molar-refractivity contribution is -0.120. The topological polar surface area (TPSA) is 55.1 Å². The van der Waals surface area contributed by atoms with Gasteiger partial charge in [-0.1, -0.05) is 54.6 Å². The third kappa shape index (κ3) is 2.45. The fourth-order valence-corrected chi connectivity index (χ4v) is 2.92. The molecule has 0 heterocycles. The number of carbonyl (C=O) groups is 1. The SMILES string of the molecule is NC(=O)[C@H](N[C@H]1CCc2ccccc21)c1ccccc1. The summed E-state index contributed by atoms with van der Waals surface area (Å²) < 4.78 is 0. The molecule has 3 rings (SSSR count). The van der Waals surface area contributed by atoms with Crippen molar-refractivity contribution in [1.29, 1.82) is 0 Å². The normalized spacial score (nSPS) is 18.5. The molecule has 0 unspecified atom stereocenters. The van der Waals surface area contributed by atoms with Crippen LogP contribution in [0.15, 0.2) is 54.6 Å². The van der Waals surface area contributed by atoms with E-state index in [4.69, 9.17) is 5.73 Å². The lowest BCUT2D eigenvalue weighted by Crippen LogP contribution is -2.35. The van der Waals surface area contributed by atoms with Crippen molar-refractivity contribution in [2.45, 2.75) is 24.9 Å². The zero-order valence-electron chi connectivity index (χ0n) is 11.3. The molecule has 2 aromatic carbocycles. The molecule has 1 amide bonds. The van der Waals surface area contributed by atoms with Crippen LogP contribution in [0.5, 0.6) is 0 Å². The summed E-state index contributed by atoms with van der Waals surface area (Å²) in [5, 5.41) is 3.41. The molecule has 0 radical (unpaired) electrons. The highest BCUT2D eigenvalue weighted by atomic mass is 16.1. The third-order valence-electron chi connectivity index (χ3n) is 3.92. The van der Waals surface area contributed by atoms with Crippen LogP contribution in [0.4, 0.5) is 0 Å². The second kappa shape index (κ2) is 5.47. The van der Waals surface area contributed by atoms with Crippen molar-refractivity contribution in [3.8, 4) is 0 Å². The van der Waals surface area contributed by atoms with Crippen LogP contribution in [-0.2, 0) is 11.2 Å². The standard InChI is InChI=1S/C17H18N2O/c18-17(20)16(13-7-2-1-3-8-13)19-15-11-10-12-6-4-5-9-14(12)15/h1-9,15-16,19H,10-11H2,(H2,18,20)/t15-,16+/m0/s1. The highest BCUT2D eigenvalue weighted by Gasteiger charge is 2.27. The molecular weight excluding hydrogens is 248 g/mol. The summed E-state index contributed by atoms with van der Waals surface area (Å²) in [5.41, 5.74) is 9.14. The Morgan fingerprint density at radius 2 is 1.80 bits per heavy atom. The molecule has 1 aliphatic rings. The van der Waals surface area contributed by atoms with Gasteiger partial charge in [-0.05, 0) is 29.5 Å². The van der Waals surface area contributed by atoms with E-state index < -0.39 is 6.04 Å². The van der Waals surface area contributed by atoms with Crippen LogP contribution < -0.4 is 11.1 Å². The van der Waals surface area contributed by atoms with E-state index in [1.807, 2.05) is 36.4 Å². The lowest BCUT2D eigenvalue weighted by Gasteiger charge is -2.21. The van der Waals surface area contributed by atoms with E-state index in [2.05, 4.69) is 23.5 Å². The first kappa shape index (κ1) is 12.9. The molecule has 0 fully saturated rings. The average Bonchev–Trinajstić information content (AvgIpc) is 2.88. The van der Waals surface area contributed by atoms with Crippen LogP contribution in [0.2, 0.25) is 0 Å². The van der Waals surface area contributed by atoms with Crippen molar-refractivity contribution in [3.05, 3.63) is 71.3 Å². The second-order valence-electron chi connectivity index (χ2n) is 5.20. The molecular formula is C17H18N2O. The monoisotopic (exact) mass is 266 g/mol. The van der Waals surface area contributed by atoms with Crippen molar-refractivity contribution in [2.24, 2.45) is 5.73 Å². The number of carbonyl (C=O) groups excluding carboxylic acids is 1. The summed E-state index contributed by atoms with van der Waals surface area (Å²) in [4.78, 5) is 11.8. The maximum atomic E-state index is 11.8. The van der Waals surface area contributed by atoms with Gasteiger partial charge in [0.05, 0.1) is 0 Å². The second-order valence-corrected chi connectivity index (χ2v) is 5.20. The number of nitrogens with two attached hydrogens (primary N) is 1. The van der Waals surface area contributed by atoms with Crippen LogP contribution in [0, 0.1) is 0 Å². The minimum absolute atomic E-state index is 0.198. The molecule has 20 heavy (non-hydrogen) atoms. The predicted octanol–water partition coefficient (Wildman–Crippen LogP) is 2.49. The zero-order chi connectivity index (χ0) is 13.9. The van der Waals surface area contributed by atoms with Crippen molar-refractivity contribution in [1.82, 2.24) is 5.32 Å². The number of hydrogen-bond acceptors (Lipinski definition) is 2. The van der Waals surface area contributed by atoms with Gasteiger partial charge in [-0.15, -0.1) is 0 Å². The molecule has 0 aromatic heterocycles. The van der Waals surface area contributed by atoms with E-state index in [9.17, 15) is 4.79 Å². The first-order valence-corrected chi connectivity index (χ1v) is 6.94. The molecule has 0 saturated heterocycles. The van der Waals surface area contributed by atoms with Crippen LogP contribution in [0.1, 0.15) is 35.2 Å². The molecule has 2 aromatic rings. The van der Waals surface area contributed by atoms with Crippen LogP contribution in [0.25, 0.3) is 0 Å². The number of rotatable bonds is 4. The summed E-state index contributed by atoms with van der Waals surface area (Å²) in [5.74, 6) is -0.333. The number of primary amides is 1. The summed E-state index contributed by atoms with van der Waals surface area (Å²) in [6.07, 6.45) is 2.06. The third-order valence-corrected chi connectivity index (χ3v) is 3.92. The predicted molar refractivity (Wildman–Crippen MR) is 79.0 cm³/mol. The molecule has 1 aliphatic carbocycles. The minimum Gasteiger partial charge on any atom is -0.368 e. The van der Waals surface area contributed by atoms with Crippen LogP contribution in [0.3, 0.4) is 0 Å². The quantitative estimate of drug-likeness (QED) is 0.893. The van der Waals surface area contributed by atoms with Crippen LogP contribution >= 0.6 is 0 Å². The Kier molecular flexibility index (Phi) is 3.52. The Labute approximate surface area is 118 Å². The maximum absolute atomic E-state index is 11.8. The number of nitrogens with one attached hydrogen (secondary N) is 1. The zero-order valence-corrected chi connectivity index (χ0v) is 11.3. The van der Waals surface area contributed by atoms with E-state index in [1.54, 1.807) is 0 Å². The van der Waals surface area contributed by atoms with E-state index in [-0.39, 0.29) is 11.9 Å². The molecule has 0 saturated carbocycles. The van der Waals surface area contributed by atoms with Gasteiger partial charge in [0.25, 0.3) is 0 Å². The van der Waals surface area contributed by atoms with Crippen molar-refractivity contribution < 1.29 is 4.79 Å².